The van der Waals surface area contributed by atoms with Gasteiger partial charge in [0.25, 0.3) is 0 Å². The van der Waals surface area contributed by atoms with Crippen molar-refractivity contribution in [2.45, 2.75) is 32.2 Å². The molecule has 1 atom stereocenters. The van der Waals surface area contributed by atoms with E-state index in [1.54, 1.807) is 0 Å². The number of hydrogen-bond acceptors (Lipinski definition) is 3. The number of fused-ring (bicyclic) bond motifs is 1. The van der Waals surface area contributed by atoms with Gasteiger partial charge >= 0.3 is 0 Å². The van der Waals surface area contributed by atoms with Crippen molar-refractivity contribution >= 4 is 0 Å². The fourth-order valence-corrected chi connectivity index (χ4v) is 2.31. The van der Waals surface area contributed by atoms with Gasteiger partial charge in [-0.3, -0.25) is 0 Å². The molecular formula is C15H23NO2. The second-order valence-corrected chi connectivity index (χ2v) is 4.72. The second kappa shape index (κ2) is 6.76. The second-order valence-electron chi connectivity index (χ2n) is 4.72. The van der Waals surface area contributed by atoms with Crippen molar-refractivity contribution in [2.75, 3.05) is 26.9 Å². The lowest BCUT2D eigenvalue weighted by atomic mass is 10.0. The van der Waals surface area contributed by atoms with Crippen LogP contribution in [0.1, 0.15) is 24.5 Å². The van der Waals surface area contributed by atoms with E-state index in [-0.39, 0.29) is 0 Å². The summed E-state index contributed by atoms with van der Waals surface area (Å²) < 4.78 is 11.0. The average Bonchev–Trinajstić information content (AvgIpc) is 2.86. The molecule has 1 N–H and O–H groups in total. The minimum atomic E-state index is 0.439. The quantitative estimate of drug-likeness (QED) is 0.803. The summed E-state index contributed by atoms with van der Waals surface area (Å²) in [6, 6.07) is 7.01. The van der Waals surface area contributed by atoms with Gasteiger partial charge in [0.1, 0.15) is 5.75 Å². The molecule has 1 aromatic rings. The molecule has 0 amide bonds. The van der Waals surface area contributed by atoms with Crippen LogP contribution in [-0.2, 0) is 17.6 Å². The van der Waals surface area contributed by atoms with Crippen LogP contribution < -0.4 is 10.1 Å². The summed E-state index contributed by atoms with van der Waals surface area (Å²) in [5.74, 6) is 1.07. The molecule has 0 spiro atoms. The molecule has 1 unspecified atom stereocenters. The Labute approximate surface area is 109 Å². The molecule has 18 heavy (non-hydrogen) atoms. The lowest BCUT2D eigenvalue weighted by Gasteiger charge is -2.16. The lowest BCUT2D eigenvalue weighted by molar-refractivity contribution is 0.122. The molecule has 1 aromatic carbocycles. The molecule has 0 radical (unpaired) electrons. The third kappa shape index (κ3) is 3.47. The minimum absolute atomic E-state index is 0.439. The number of nitrogens with one attached hydrogen (secondary N) is 1. The van der Waals surface area contributed by atoms with Crippen molar-refractivity contribution in [2.24, 2.45) is 0 Å². The van der Waals surface area contributed by atoms with Crippen LogP contribution in [-0.4, -0.2) is 32.9 Å². The molecule has 0 bridgehead atoms. The smallest absolute Gasteiger partial charge is 0.122 e. The highest BCUT2D eigenvalue weighted by Crippen LogP contribution is 2.26. The van der Waals surface area contributed by atoms with Gasteiger partial charge in [-0.25, -0.2) is 0 Å². The number of aryl methyl sites for hydroxylation is 1. The van der Waals surface area contributed by atoms with E-state index in [0.717, 1.165) is 44.8 Å². The number of hydrogen-bond donors (Lipinski definition) is 1. The first-order valence-electron chi connectivity index (χ1n) is 6.83. The highest BCUT2D eigenvalue weighted by atomic mass is 16.5. The van der Waals surface area contributed by atoms with E-state index in [9.17, 15) is 0 Å². The highest BCUT2D eigenvalue weighted by molar-refractivity contribution is 5.39. The molecule has 0 aromatic heterocycles. The van der Waals surface area contributed by atoms with Crippen molar-refractivity contribution in [3.8, 4) is 5.75 Å². The lowest BCUT2D eigenvalue weighted by Crippen LogP contribution is -2.30. The monoisotopic (exact) mass is 249 g/mol. The summed E-state index contributed by atoms with van der Waals surface area (Å²) in [6.45, 7) is 4.45. The van der Waals surface area contributed by atoms with Gasteiger partial charge < -0.3 is 14.8 Å². The maximum Gasteiger partial charge on any atom is 0.122 e. The van der Waals surface area contributed by atoms with Crippen molar-refractivity contribution in [1.82, 2.24) is 5.32 Å². The zero-order chi connectivity index (χ0) is 12.8. The number of rotatable bonds is 7. The van der Waals surface area contributed by atoms with Crippen molar-refractivity contribution < 1.29 is 9.47 Å². The van der Waals surface area contributed by atoms with E-state index in [1.165, 1.54) is 11.1 Å². The maximum absolute atomic E-state index is 5.52. The number of likely N-dealkylation sites (N-methyl/N-ethyl adjacent to an activating group) is 1. The third-order valence-electron chi connectivity index (χ3n) is 3.47. The molecule has 100 valence electrons. The first-order valence-corrected chi connectivity index (χ1v) is 6.83. The van der Waals surface area contributed by atoms with Gasteiger partial charge in [0, 0.05) is 19.1 Å². The van der Waals surface area contributed by atoms with Crippen LogP contribution in [0.15, 0.2) is 18.2 Å². The van der Waals surface area contributed by atoms with Crippen LogP contribution in [0, 0.1) is 0 Å². The van der Waals surface area contributed by atoms with Crippen LogP contribution in [0.25, 0.3) is 0 Å². The molecular weight excluding hydrogens is 226 g/mol. The largest absolute Gasteiger partial charge is 0.493 e. The summed E-state index contributed by atoms with van der Waals surface area (Å²) >= 11 is 0. The van der Waals surface area contributed by atoms with Gasteiger partial charge in [-0.2, -0.15) is 0 Å². The standard InChI is InChI=1S/C15H23NO2/c1-3-17-11-14(16-2)6-4-12-5-7-15-13(10-12)8-9-18-15/h5,7,10,14,16H,3-4,6,8-9,11H2,1-2H3. The van der Waals surface area contributed by atoms with E-state index in [1.807, 2.05) is 14.0 Å². The predicted molar refractivity (Wildman–Crippen MR) is 73.3 cm³/mol. The topological polar surface area (TPSA) is 30.5 Å². The number of ether oxygens (including phenoxy) is 2. The molecule has 0 saturated heterocycles. The first kappa shape index (κ1) is 13.4. The maximum atomic E-state index is 5.52. The summed E-state index contributed by atoms with van der Waals surface area (Å²) in [6.07, 6.45) is 3.25. The van der Waals surface area contributed by atoms with E-state index in [0.29, 0.717) is 6.04 Å². The number of benzene rings is 1. The predicted octanol–water partition coefficient (Wildman–Crippen LogP) is 2.18. The molecule has 2 rings (SSSR count). The van der Waals surface area contributed by atoms with E-state index in [4.69, 9.17) is 9.47 Å². The van der Waals surface area contributed by atoms with Gasteiger partial charge in [0.2, 0.25) is 0 Å². The third-order valence-corrected chi connectivity index (χ3v) is 3.47. The molecule has 3 nitrogen and oxygen atoms in total. The Morgan fingerprint density at radius 3 is 3.11 bits per heavy atom. The van der Waals surface area contributed by atoms with Gasteiger partial charge in [0.15, 0.2) is 0 Å². The Balaban J connectivity index is 1.85. The molecule has 0 saturated carbocycles. The first-order chi connectivity index (χ1) is 8.83. The van der Waals surface area contributed by atoms with Crippen LogP contribution >= 0.6 is 0 Å². The summed E-state index contributed by atoms with van der Waals surface area (Å²) in [7, 11) is 2.00. The molecule has 0 aliphatic carbocycles. The van der Waals surface area contributed by atoms with Crippen LogP contribution in [0.4, 0.5) is 0 Å². The van der Waals surface area contributed by atoms with Gasteiger partial charge in [-0.05, 0) is 44.0 Å². The van der Waals surface area contributed by atoms with Crippen LogP contribution in [0.5, 0.6) is 5.75 Å². The zero-order valence-electron chi connectivity index (χ0n) is 11.4. The molecule has 1 aliphatic rings. The fourth-order valence-electron chi connectivity index (χ4n) is 2.31. The van der Waals surface area contributed by atoms with Crippen molar-refractivity contribution in [3.63, 3.8) is 0 Å². The minimum Gasteiger partial charge on any atom is -0.493 e. The Bertz CT molecular complexity index is 379. The Kier molecular flexibility index (Phi) is 5.02. The summed E-state index contributed by atoms with van der Waals surface area (Å²) in [4.78, 5) is 0. The van der Waals surface area contributed by atoms with E-state index >= 15 is 0 Å². The van der Waals surface area contributed by atoms with Crippen molar-refractivity contribution in [3.05, 3.63) is 29.3 Å². The highest BCUT2D eigenvalue weighted by Gasteiger charge is 2.12. The van der Waals surface area contributed by atoms with E-state index in [2.05, 4.69) is 23.5 Å². The SMILES string of the molecule is CCOCC(CCc1ccc2c(c1)CCO2)NC. The zero-order valence-corrected chi connectivity index (χ0v) is 11.4. The molecule has 0 fully saturated rings. The normalized spacial score (nSPS) is 15.2. The van der Waals surface area contributed by atoms with Crippen LogP contribution in [0.3, 0.4) is 0 Å². The molecule has 1 aliphatic heterocycles. The Morgan fingerprint density at radius 2 is 2.33 bits per heavy atom. The van der Waals surface area contributed by atoms with Gasteiger partial charge in [-0.15, -0.1) is 0 Å². The fraction of sp³-hybridized carbons (Fsp3) is 0.600. The van der Waals surface area contributed by atoms with Crippen molar-refractivity contribution in [1.29, 1.82) is 0 Å². The molecule has 1 heterocycles. The average molecular weight is 249 g/mol. The molecule has 3 heteroatoms. The van der Waals surface area contributed by atoms with Gasteiger partial charge in [-0.1, -0.05) is 12.1 Å². The van der Waals surface area contributed by atoms with E-state index < -0.39 is 0 Å². The Hall–Kier alpha value is -1.06. The van der Waals surface area contributed by atoms with Gasteiger partial charge in [0.05, 0.1) is 13.2 Å². The Morgan fingerprint density at radius 1 is 1.44 bits per heavy atom. The summed E-state index contributed by atoms with van der Waals surface area (Å²) in [5.41, 5.74) is 2.76. The summed E-state index contributed by atoms with van der Waals surface area (Å²) in [5, 5.41) is 3.31. The van der Waals surface area contributed by atoms with Crippen LogP contribution in [0.2, 0.25) is 0 Å².